The minimum absolute atomic E-state index is 0. The molecule has 65 heavy (non-hydrogen) atoms. The van der Waals surface area contributed by atoms with Crippen LogP contribution < -0.4 is 19.4 Å². The maximum absolute atomic E-state index is 12.6. The van der Waals surface area contributed by atoms with Gasteiger partial charge in [-0.1, -0.05) is 96.7 Å². The van der Waals surface area contributed by atoms with Crippen LogP contribution in [0.2, 0.25) is 0 Å². The molecular formula is C54H66N4O6Pd. The first-order valence-corrected chi connectivity index (χ1v) is 22.3. The normalized spacial score (nSPS) is 15.0. The van der Waals surface area contributed by atoms with Crippen molar-refractivity contribution in [3.8, 4) is 11.5 Å². The van der Waals surface area contributed by atoms with Crippen LogP contribution in [0.25, 0.3) is 11.5 Å². The fourth-order valence-electron chi connectivity index (χ4n) is 9.07. The summed E-state index contributed by atoms with van der Waals surface area (Å²) in [5.41, 5.74) is 19.7. The number of nitrogens with zero attached hydrogens (tertiary/aromatic N) is 4. The summed E-state index contributed by atoms with van der Waals surface area (Å²) in [6, 6.07) is 8.42. The molecule has 6 rings (SSSR count). The number of rotatable bonds is 12. The van der Waals surface area contributed by atoms with Gasteiger partial charge in [0.15, 0.2) is 0 Å². The van der Waals surface area contributed by atoms with Crippen molar-refractivity contribution >= 4 is 34.9 Å². The Hall–Kier alpha value is -5.50. The number of aliphatic imine (C=N–C) groups is 2. The van der Waals surface area contributed by atoms with Crippen LogP contribution in [0.15, 0.2) is 67.9 Å². The van der Waals surface area contributed by atoms with E-state index < -0.39 is 0 Å². The molecule has 0 radical (unpaired) electrons. The second-order valence-electron chi connectivity index (χ2n) is 16.9. The molecule has 0 saturated heterocycles. The average molecular weight is 974 g/mol. The number of esters is 2. The molecule has 2 aromatic heterocycles. The summed E-state index contributed by atoms with van der Waals surface area (Å²) in [6.45, 7) is 36.5. The number of aryl methyl sites for hydroxylation is 8. The van der Waals surface area contributed by atoms with E-state index in [-0.39, 0.29) is 32.4 Å². The summed E-state index contributed by atoms with van der Waals surface area (Å²) < 4.78 is 23.8. The molecule has 0 saturated carbocycles. The first-order chi connectivity index (χ1) is 30.2. The largest absolute Gasteiger partial charge is 2.00 e. The summed E-state index contributed by atoms with van der Waals surface area (Å²) in [5, 5.41) is 0. The third-order valence-electron chi connectivity index (χ3n) is 11.9. The van der Waals surface area contributed by atoms with Crippen molar-refractivity contribution in [3.63, 3.8) is 0 Å². The number of carbonyl (C=O) groups is 2. The Morgan fingerprint density at radius 3 is 1.08 bits per heavy atom. The quantitative estimate of drug-likeness (QED) is 0.0781. The van der Waals surface area contributed by atoms with Gasteiger partial charge in [-0.2, -0.15) is 11.4 Å². The fourth-order valence-corrected chi connectivity index (χ4v) is 9.07. The predicted molar refractivity (Wildman–Crippen MR) is 259 cm³/mol. The zero-order chi connectivity index (χ0) is 47.5. The summed E-state index contributed by atoms with van der Waals surface area (Å²) >= 11 is 0. The van der Waals surface area contributed by atoms with Crippen molar-refractivity contribution < 1.29 is 49.0 Å². The van der Waals surface area contributed by atoms with Crippen molar-refractivity contribution in [2.24, 2.45) is 9.98 Å². The van der Waals surface area contributed by atoms with Crippen molar-refractivity contribution in [1.82, 2.24) is 9.97 Å². The van der Waals surface area contributed by atoms with Gasteiger partial charge in [-0.15, -0.1) is 0 Å². The van der Waals surface area contributed by atoms with Gasteiger partial charge >= 0.3 is 32.4 Å². The zero-order valence-electron chi connectivity index (χ0n) is 41.7. The molecule has 0 atom stereocenters. The molecule has 2 aliphatic heterocycles. The topological polar surface area (TPSA) is 124 Å². The minimum Gasteiger partial charge on any atom is -0.658 e. The van der Waals surface area contributed by atoms with Crippen LogP contribution in [-0.4, -0.2) is 36.6 Å². The molecule has 2 aromatic carbocycles. The Bertz CT molecular complexity index is 2500. The fraction of sp³-hybridized carbons (Fsp3) is 0.407. The van der Waals surface area contributed by atoms with Crippen molar-refractivity contribution in [3.05, 3.63) is 136 Å². The molecule has 11 heteroatoms. The summed E-state index contributed by atoms with van der Waals surface area (Å²) in [5.74, 6) is 2.03. The number of benzene rings is 2. The molecule has 0 amide bonds. The van der Waals surface area contributed by atoms with Gasteiger partial charge in [0.25, 0.3) is 0 Å². The van der Waals surface area contributed by atoms with Gasteiger partial charge < -0.3 is 28.9 Å². The van der Waals surface area contributed by atoms with Gasteiger partial charge in [0.1, 0.15) is 34.4 Å². The van der Waals surface area contributed by atoms with Crippen molar-refractivity contribution in [2.75, 3.05) is 13.2 Å². The van der Waals surface area contributed by atoms with Crippen molar-refractivity contribution in [2.45, 2.75) is 137 Å². The van der Waals surface area contributed by atoms with Gasteiger partial charge in [-0.3, -0.25) is 0 Å². The standard InChI is InChI=1S/2C27H34N2O3.Pd/c2*1-10-21-17(6)23(28-19(21)8)26(32-25-15(4)12-14(3)13-16(25)5)24-18(7)22(20(9)29-24)27(30)31-11-2;/h2*12-13H,10-11H2,1-9H3,(H,28,29,30);/q;;+2/p-2. The van der Waals surface area contributed by atoms with Gasteiger partial charge in [0.2, 0.25) is 0 Å². The van der Waals surface area contributed by atoms with Crippen LogP contribution in [0.1, 0.15) is 134 Å². The van der Waals surface area contributed by atoms with Crippen LogP contribution in [0.4, 0.5) is 0 Å². The third-order valence-corrected chi connectivity index (χ3v) is 11.9. The van der Waals surface area contributed by atoms with Crippen LogP contribution in [0, 0.1) is 69.2 Å². The first-order valence-electron chi connectivity index (χ1n) is 22.3. The van der Waals surface area contributed by atoms with Crippen LogP contribution in [-0.2, 0) is 52.3 Å². The smallest absolute Gasteiger partial charge is 0.658 e. The number of hydrogen-bond acceptors (Lipinski definition) is 8. The molecule has 2 aliphatic rings. The number of aromatic nitrogens is 2. The molecule has 10 nitrogen and oxygen atoms in total. The van der Waals surface area contributed by atoms with E-state index in [2.05, 4.69) is 65.8 Å². The van der Waals surface area contributed by atoms with E-state index in [0.29, 0.717) is 58.7 Å². The molecule has 4 heterocycles. The van der Waals surface area contributed by atoms with Crippen LogP contribution in [0.5, 0.6) is 11.5 Å². The van der Waals surface area contributed by atoms with E-state index in [1.54, 1.807) is 13.8 Å². The Morgan fingerprint density at radius 1 is 0.508 bits per heavy atom. The minimum atomic E-state index is -0.360. The predicted octanol–water partition coefficient (Wildman–Crippen LogP) is 11.7. The maximum atomic E-state index is 12.6. The monoisotopic (exact) mass is 972 g/mol. The van der Waals surface area contributed by atoms with Gasteiger partial charge in [0, 0.05) is 0 Å². The Balaban J connectivity index is 0.000000280. The molecular weight excluding hydrogens is 907 g/mol. The molecule has 0 unspecified atom stereocenters. The molecule has 0 fully saturated rings. The van der Waals surface area contributed by atoms with Gasteiger partial charge in [0.05, 0.1) is 35.8 Å². The average Bonchev–Trinajstić information content (AvgIpc) is 3.88. The molecule has 0 spiro atoms. The maximum Gasteiger partial charge on any atom is 2.00 e. The van der Waals surface area contributed by atoms with E-state index in [1.807, 2.05) is 69.2 Å². The first kappa shape index (κ1) is 52.1. The van der Waals surface area contributed by atoms with E-state index in [1.165, 1.54) is 22.3 Å². The summed E-state index contributed by atoms with van der Waals surface area (Å²) in [6.07, 6.45) is 1.78. The molecule has 4 aromatic rings. The number of allylic oxidation sites excluding steroid dienone is 2. The summed E-state index contributed by atoms with van der Waals surface area (Å²) in [4.78, 5) is 44.5. The van der Waals surface area contributed by atoms with Crippen LogP contribution >= 0.6 is 0 Å². The number of ether oxygens (including phenoxy) is 4. The van der Waals surface area contributed by atoms with Crippen molar-refractivity contribution in [1.29, 1.82) is 0 Å². The van der Waals surface area contributed by atoms with Gasteiger partial charge in [-0.25, -0.2) is 19.6 Å². The van der Waals surface area contributed by atoms with Gasteiger partial charge in [-0.05, 0) is 143 Å². The molecule has 0 bridgehead atoms. The van der Waals surface area contributed by atoms with E-state index in [4.69, 9.17) is 38.9 Å². The second kappa shape index (κ2) is 21.7. The Labute approximate surface area is 400 Å². The molecule has 0 N–H and O–H groups in total. The van der Waals surface area contributed by atoms with E-state index in [0.717, 1.165) is 91.6 Å². The third kappa shape index (κ3) is 10.6. The number of hydrogen-bond donors (Lipinski definition) is 0. The Kier molecular flexibility index (Phi) is 17.4. The SMILES string of the molecule is CCOC(=O)C1=C(C)/C(=C(\Oc2c(C)cc(C)cc2C)c2[n-]c(C)c(CC)c2C)N=C1C.CCOC(=O)C1=C(C)/C(=C(\Oc2c(C)cc(C)cc2C)c2[n-]c(C)c(CC)c2C)N=C1C.[Pd+2]. The number of carbonyl (C=O) groups excluding carboxylic acids is 2. The van der Waals surface area contributed by atoms with E-state index >= 15 is 0 Å². The summed E-state index contributed by atoms with van der Waals surface area (Å²) in [7, 11) is 0. The van der Waals surface area contributed by atoms with Crippen LogP contribution in [0.3, 0.4) is 0 Å². The van der Waals surface area contributed by atoms with E-state index in [9.17, 15) is 9.59 Å². The zero-order valence-corrected chi connectivity index (χ0v) is 43.2. The Morgan fingerprint density at radius 2 is 0.815 bits per heavy atom. The molecule has 0 aliphatic carbocycles. The molecule has 348 valence electrons. The second-order valence-corrected chi connectivity index (χ2v) is 16.9.